The molecule has 4 rings (SSSR count). The minimum Gasteiger partial charge on any atom is -0.465 e. The molecule has 9 heteroatoms. The summed E-state index contributed by atoms with van der Waals surface area (Å²) in [5, 5.41) is 8.87. The molecule has 1 aromatic heterocycles. The highest BCUT2D eigenvalue weighted by Crippen LogP contribution is 2.24. The van der Waals surface area contributed by atoms with Gasteiger partial charge in [0, 0.05) is 32.9 Å². The molecule has 0 fully saturated rings. The lowest BCUT2D eigenvalue weighted by atomic mass is 10.2. The van der Waals surface area contributed by atoms with E-state index >= 15 is 0 Å². The molecule has 0 aliphatic heterocycles. The molecule has 1 heterocycles. The number of rotatable bonds is 9. The van der Waals surface area contributed by atoms with Gasteiger partial charge in [0.15, 0.2) is 0 Å². The summed E-state index contributed by atoms with van der Waals surface area (Å²) in [4.78, 5) is 39.1. The van der Waals surface area contributed by atoms with Crippen LogP contribution in [0.25, 0.3) is 6.08 Å². The minimum absolute atomic E-state index is 0.0168. The molecule has 0 saturated carbocycles. The molecular weight excluding hydrogens is 522 g/mol. The van der Waals surface area contributed by atoms with Crippen LogP contribution in [0.15, 0.2) is 106 Å². The highest BCUT2D eigenvalue weighted by molar-refractivity contribution is 8.00. The lowest BCUT2D eigenvalue weighted by Crippen LogP contribution is -2.30. The molecule has 7 nitrogen and oxygen atoms in total. The van der Waals surface area contributed by atoms with Gasteiger partial charge in [-0.25, -0.2) is 0 Å². The molecule has 3 N–H and O–H groups in total. The van der Waals surface area contributed by atoms with Crippen LogP contribution in [-0.4, -0.2) is 23.5 Å². The van der Waals surface area contributed by atoms with E-state index in [9.17, 15) is 14.4 Å². The minimum atomic E-state index is -0.526. The zero-order valence-corrected chi connectivity index (χ0v) is 21.9. The summed E-state index contributed by atoms with van der Waals surface area (Å²) in [6, 6.07) is 24.4. The van der Waals surface area contributed by atoms with Gasteiger partial charge in [0.25, 0.3) is 11.8 Å². The van der Waals surface area contributed by atoms with Gasteiger partial charge in [-0.2, -0.15) is 0 Å². The molecule has 0 aliphatic rings. The number of hydrogen-bond acceptors (Lipinski definition) is 5. The SMILES string of the molecule is Cc1ccc(Cl)cc1NC(=O)CSc1cccc(NC(=O)/C(=C/c2ccco2)NC(=O)c2ccccc2)c1. The molecule has 38 heavy (non-hydrogen) atoms. The Bertz CT molecular complexity index is 1470. The molecule has 0 bridgehead atoms. The number of carbonyl (C=O) groups excluding carboxylic acids is 3. The van der Waals surface area contributed by atoms with Gasteiger partial charge >= 0.3 is 0 Å². The number of hydrogen-bond donors (Lipinski definition) is 3. The first kappa shape index (κ1) is 26.8. The van der Waals surface area contributed by atoms with Crippen molar-refractivity contribution in [2.24, 2.45) is 0 Å². The standard InChI is InChI=1S/C29H24ClN3O4S/c1-19-12-13-21(30)15-25(19)32-27(34)18-38-24-11-5-9-22(16-24)31-29(36)26(17-23-10-6-14-37-23)33-28(35)20-7-3-2-4-8-20/h2-17H,18H2,1H3,(H,31,36)(H,32,34)(H,33,35)/b26-17-. The average Bonchev–Trinajstić information content (AvgIpc) is 3.43. The largest absolute Gasteiger partial charge is 0.465 e. The van der Waals surface area contributed by atoms with E-state index < -0.39 is 11.8 Å². The first-order chi connectivity index (χ1) is 18.4. The molecular formula is C29H24ClN3O4S. The third kappa shape index (κ3) is 7.61. The number of furan rings is 1. The second-order valence-electron chi connectivity index (χ2n) is 8.17. The van der Waals surface area contributed by atoms with E-state index in [0.29, 0.717) is 27.7 Å². The van der Waals surface area contributed by atoms with Crippen LogP contribution in [0.1, 0.15) is 21.7 Å². The lowest BCUT2D eigenvalue weighted by Gasteiger charge is -2.12. The van der Waals surface area contributed by atoms with Crippen LogP contribution in [-0.2, 0) is 9.59 Å². The van der Waals surface area contributed by atoms with Crippen LogP contribution < -0.4 is 16.0 Å². The molecule has 3 aromatic carbocycles. The fourth-order valence-corrected chi connectivity index (χ4v) is 4.31. The Balaban J connectivity index is 1.41. The maximum Gasteiger partial charge on any atom is 0.272 e. The van der Waals surface area contributed by atoms with Crippen molar-refractivity contribution < 1.29 is 18.8 Å². The second-order valence-corrected chi connectivity index (χ2v) is 9.66. The summed E-state index contributed by atoms with van der Waals surface area (Å²) in [6.45, 7) is 1.89. The predicted molar refractivity (Wildman–Crippen MR) is 151 cm³/mol. The van der Waals surface area contributed by atoms with Gasteiger partial charge in [0.05, 0.1) is 12.0 Å². The van der Waals surface area contributed by atoms with Crippen molar-refractivity contribution in [3.8, 4) is 0 Å². The Labute approximate surface area is 229 Å². The fraction of sp³-hybridized carbons (Fsp3) is 0.0690. The topological polar surface area (TPSA) is 100 Å². The molecule has 0 atom stereocenters. The number of halogens is 1. The third-order valence-corrected chi connectivity index (χ3v) is 6.52. The van der Waals surface area contributed by atoms with E-state index in [1.807, 2.05) is 19.1 Å². The first-order valence-electron chi connectivity index (χ1n) is 11.6. The molecule has 192 valence electrons. The number of benzene rings is 3. The number of aryl methyl sites for hydroxylation is 1. The van der Waals surface area contributed by atoms with Gasteiger partial charge in [-0.05, 0) is 67.1 Å². The van der Waals surface area contributed by atoms with Gasteiger partial charge < -0.3 is 20.4 Å². The van der Waals surface area contributed by atoms with Crippen LogP contribution in [0.5, 0.6) is 0 Å². The summed E-state index contributed by atoms with van der Waals surface area (Å²) in [5.41, 5.74) is 2.51. The smallest absolute Gasteiger partial charge is 0.272 e. The van der Waals surface area contributed by atoms with Crippen molar-refractivity contribution in [1.29, 1.82) is 0 Å². The van der Waals surface area contributed by atoms with Gasteiger partial charge in [-0.15, -0.1) is 11.8 Å². The molecule has 0 unspecified atom stereocenters. The molecule has 0 spiro atoms. The number of nitrogens with one attached hydrogen (secondary N) is 3. The summed E-state index contributed by atoms with van der Waals surface area (Å²) in [5.74, 6) is -0.554. The molecule has 4 aromatic rings. The Morgan fingerprint density at radius 1 is 0.921 bits per heavy atom. The summed E-state index contributed by atoms with van der Waals surface area (Å²) >= 11 is 7.35. The molecule has 0 saturated heterocycles. The van der Waals surface area contributed by atoms with Crippen LogP contribution in [0.3, 0.4) is 0 Å². The van der Waals surface area contributed by atoms with Crippen LogP contribution in [0, 0.1) is 6.92 Å². The van der Waals surface area contributed by atoms with E-state index in [1.165, 1.54) is 24.1 Å². The quantitative estimate of drug-likeness (QED) is 0.167. The second kappa shape index (κ2) is 12.8. The van der Waals surface area contributed by atoms with E-state index in [2.05, 4.69) is 16.0 Å². The maximum absolute atomic E-state index is 13.1. The van der Waals surface area contributed by atoms with E-state index in [-0.39, 0.29) is 17.4 Å². The Morgan fingerprint density at radius 2 is 1.74 bits per heavy atom. The van der Waals surface area contributed by atoms with Crippen LogP contribution >= 0.6 is 23.4 Å². The highest BCUT2D eigenvalue weighted by Gasteiger charge is 2.16. The highest BCUT2D eigenvalue weighted by atomic mass is 35.5. The van der Waals surface area contributed by atoms with Gasteiger partial charge in [-0.3, -0.25) is 14.4 Å². The Hall–Kier alpha value is -4.27. The van der Waals surface area contributed by atoms with Crippen molar-refractivity contribution in [3.05, 3.63) is 119 Å². The Kier molecular flexibility index (Phi) is 9.02. The summed E-state index contributed by atoms with van der Waals surface area (Å²) in [7, 11) is 0. The van der Waals surface area contributed by atoms with Crippen molar-refractivity contribution in [3.63, 3.8) is 0 Å². The van der Waals surface area contributed by atoms with Crippen molar-refractivity contribution in [2.45, 2.75) is 11.8 Å². The van der Waals surface area contributed by atoms with E-state index in [4.69, 9.17) is 16.0 Å². The van der Waals surface area contributed by atoms with E-state index in [0.717, 1.165) is 10.5 Å². The predicted octanol–water partition coefficient (Wildman–Crippen LogP) is 6.38. The van der Waals surface area contributed by atoms with Crippen molar-refractivity contribution in [1.82, 2.24) is 5.32 Å². The maximum atomic E-state index is 13.1. The van der Waals surface area contributed by atoms with Gasteiger partial charge in [-0.1, -0.05) is 41.9 Å². The number of thioether (sulfide) groups is 1. The normalized spacial score (nSPS) is 11.1. The third-order valence-electron chi connectivity index (χ3n) is 5.29. The number of anilines is 2. The van der Waals surface area contributed by atoms with Gasteiger partial charge in [0.1, 0.15) is 11.5 Å². The average molecular weight is 546 g/mol. The lowest BCUT2D eigenvalue weighted by molar-refractivity contribution is -0.114. The first-order valence-corrected chi connectivity index (χ1v) is 13.0. The van der Waals surface area contributed by atoms with Crippen LogP contribution in [0.4, 0.5) is 11.4 Å². The fourth-order valence-electron chi connectivity index (χ4n) is 3.38. The van der Waals surface area contributed by atoms with Crippen molar-refractivity contribution in [2.75, 3.05) is 16.4 Å². The molecule has 0 aliphatic carbocycles. The number of carbonyl (C=O) groups is 3. The molecule has 0 radical (unpaired) electrons. The summed E-state index contributed by atoms with van der Waals surface area (Å²) in [6.07, 6.45) is 2.93. The van der Waals surface area contributed by atoms with Crippen molar-refractivity contribution >= 4 is 58.5 Å². The zero-order valence-electron chi connectivity index (χ0n) is 20.4. The monoisotopic (exact) mass is 545 g/mol. The summed E-state index contributed by atoms with van der Waals surface area (Å²) < 4.78 is 5.33. The van der Waals surface area contributed by atoms with Crippen LogP contribution in [0.2, 0.25) is 5.02 Å². The Morgan fingerprint density at radius 3 is 2.50 bits per heavy atom. The van der Waals surface area contributed by atoms with E-state index in [1.54, 1.807) is 72.8 Å². The van der Waals surface area contributed by atoms with Gasteiger partial charge in [0.2, 0.25) is 5.91 Å². The molecule has 3 amide bonds. The zero-order chi connectivity index (χ0) is 26.9. The number of amides is 3.